The Morgan fingerprint density at radius 1 is 0.373 bits per heavy atom. The Labute approximate surface area is 290 Å². The van der Waals surface area contributed by atoms with Gasteiger partial charge in [-0.1, -0.05) is 103 Å². The van der Waals surface area contributed by atoms with Crippen LogP contribution in [0.2, 0.25) is 0 Å². The highest BCUT2D eigenvalue weighted by molar-refractivity contribution is 6.12. The van der Waals surface area contributed by atoms with Crippen molar-refractivity contribution in [3.05, 3.63) is 158 Å². The summed E-state index contributed by atoms with van der Waals surface area (Å²) in [7, 11) is 0. The molecule has 6 heteroatoms. The van der Waals surface area contributed by atoms with E-state index in [-0.39, 0.29) is 0 Å². The van der Waals surface area contributed by atoms with Gasteiger partial charge in [0.1, 0.15) is 22.3 Å². The number of rotatable bonds is 4. The quantitative estimate of drug-likeness (QED) is 0.189. The van der Waals surface area contributed by atoms with E-state index >= 15 is 0 Å². The van der Waals surface area contributed by atoms with E-state index in [1.807, 2.05) is 66.7 Å². The molecule has 4 aromatic heterocycles. The molecule has 0 saturated carbocycles. The SMILES string of the molecule is c1ccc(-c2nc(-c3ccc4c(c3)oc3cc(-n5c6ccccc6c6ccccc65)ccc34)nc(-c3cccc4oc5ccccc5c34)n2)cc1. The summed E-state index contributed by atoms with van der Waals surface area (Å²) < 4.78 is 15.1. The van der Waals surface area contributed by atoms with Gasteiger partial charge < -0.3 is 13.4 Å². The van der Waals surface area contributed by atoms with Crippen LogP contribution >= 0.6 is 0 Å². The highest BCUT2D eigenvalue weighted by Gasteiger charge is 2.19. The van der Waals surface area contributed by atoms with Gasteiger partial charge in [0.25, 0.3) is 0 Å². The predicted molar refractivity (Wildman–Crippen MR) is 205 cm³/mol. The van der Waals surface area contributed by atoms with Crippen LogP contribution in [0.1, 0.15) is 0 Å². The Hall–Kier alpha value is -7.05. The van der Waals surface area contributed by atoms with E-state index in [1.165, 1.54) is 10.8 Å². The van der Waals surface area contributed by atoms with E-state index in [1.54, 1.807) is 0 Å². The summed E-state index contributed by atoms with van der Waals surface area (Å²) in [6, 6.07) is 53.9. The maximum atomic E-state index is 6.61. The number of furan rings is 2. The largest absolute Gasteiger partial charge is 0.456 e. The van der Waals surface area contributed by atoms with Gasteiger partial charge in [-0.05, 0) is 48.5 Å². The van der Waals surface area contributed by atoms with Crippen molar-refractivity contribution < 1.29 is 8.83 Å². The van der Waals surface area contributed by atoms with Gasteiger partial charge in [0, 0.05) is 60.8 Å². The number of aromatic nitrogens is 4. The summed E-state index contributed by atoms with van der Waals surface area (Å²) in [5.41, 5.74) is 9.23. The smallest absolute Gasteiger partial charge is 0.164 e. The third-order valence-electron chi connectivity index (χ3n) is 9.86. The second-order valence-corrected chi connectivity index (χ2v) is 12.8. The maximum absolute atomic E-state index is 6.61. The summed E-state index contributed by atoms with van der Waals surface area (Å²) in [6.07, 6.45) is 0. The van der Waals surface area contributed by atoms with Crippen molar-refractivity contribution in [3.63, 3.8) is 0 Å². The number of nitrogens with zero attached hydrogens (tertiary/aromatic N) is 4. The normalized spacial score (nSPS) is 11.9. The standard InChI is InChI=1S/C45H26N4O2/c1-2-11-27(12-3-1)43-46-44(48-45(47-43)35-16-10-20-39-42(35)34-15-6-9-19-38(34)50-39)28-21-23-32-33-24-22-29(26-41(33)51-40(32)25-28)49-36-17-7-4-13-30(36)31-14-5-8-18-37(31)49/h1-26H. The summed E-state index contributed by atoms with van der Waals surface area (Å²) >= 11 is 0. The molecule has 7 aromatic carbocycles. The summed E-state index contributed by atoms with van der Waals surface area (Å²) in [5.74, 6) is 1.74. The Balaban J connectivity index is 1.08. The second-order valence-electron chi connectivity index (χ2n) is 12.8. The van der Waals surface area contributed by atoms with Gasteiger partial charge in [-0.3, -0.25) is 0 Å². The highest BCUT2D eigenvalue weighted by atomic mass is 16.3. The van der Waals surface area contributed by atoms with Gasteiger partial charge in [0.15, 0.2) is 17.5 Å². The van der Waals surface area contributed by atoms with Gasteiger partial charge in [-0.25, -0.2) is 15.0 Å². The molecule has 0 aliphatic rings. The lowest BCUT2D eigenvalue weighted by Crippen LogP contribution is -2.00. The predicted octanol–water partition coefficient (Wildman–Crippen LogP) is 11.8. The molecular weight excluding hydrogens is 629 g/mol. The molecule has 0 amide bonds. The minimum absolute atomic E-state index is 0.567. The first kappa shape index (κ1) is 27.9. The van der Waals surface area contributed by atoms with Crippen LogP contribution in [0.5, 0.6) is 0 Å². The topological polar surface area (TPSA) is 69.9 Å². The Kier molecular flexibility index (Phi) is 5.86. The molecular formula is C45H26N4O2. The molecule has 6 nitrogen and oxygen atoms in total. The van der Waals surface area contributed by atoms with E-state index in [0.717, 1.165) is 77.3 Å². The molecule has 0 radical (unpaired) electrons. The zero-order valence-corrected chi connectivity index (χ0v) is 27.1. The fraction of sp³-hybridized carbons (Fsp3) is 0. The van der Waals surface area contributed by atoms with E-state index in [9.17, 15) is 0 Å². The molecule has 51 heavy (non-hydrogen) atoms. The van der Waals surface area contributed by atoms with E-state index in [4.69, 9.17) is 23.8 Å². The molecule has 0 unspecified atom stereocenters. The summed E-state index contributed by atoms with van der Waals surface area (Å²) in [5, 5.41) is 6.56. The number of para-hydroxylation sites is 3. The second kappa shape index (κ2) is 10.7. The van der Waals surface area contributed by atoms with Crippen LogP contribution in [0.4, 0.5) is 0 Å². The molecule has 0 aliphatic heterocycles. The Morgan fingerprint density at radius 3 is 1.75 bits per heavy atom. The van der Waals surface area contributed by atoms with Crippen molar-refractivity contribution in [1.29, 1.82) is 0 Å². The van der Waals surface area contributed by atoms with E-state index < -0.39 is 0 Å². The van der Waals surface area contributed by atoms with Crippen LogP contribution in [0.15, 0.2) is 167 Å². The lowest BCUT2D eigenvalue weighted by Gasteiger charge is -2.09. The lowest BCUT2D eigenvalue weighted by atomic mass is 10.1. The minimum Gasteiger partial charge on any atom is -0.456 e. The molecule has 4 heterocycles. The fourth-order valence-corrected chi connectivity index (χ4v) is 7.55. The summed E-state index contributed by atoms with van der Waals surface area (Å²) in [6.45, 7) is 0. The number of hydrogen-bond acceptors (Lipinski definition) is 5. The lowest BCUT2D eigenvalue weighted by molar-refractivity contribution is 0.668. The molecule has 0 aliphatic carbocycles. The molecule has 0 spiro atoms. The number of hydrogen-bond donors (Lipinski definition) is 0. The van der Waals surface area contributed by atoms with Crippen LogP contribution in [-0.2, 0) is 0 Å². The molecule has 0 N–H and O–H groups in total. The van der Waals surface area contributed by atoms with Gasteiger partial charge >= 0.3 is 0 Å². The zero-order valence-electron chi connectivity index (χ0n) is 27.1. The van der Waals surface area contributed by atoms with Gasteiger partial charge in [0.05, 0.1) is 11.0 Å². The molecule has 0 saturated heterocycles. The van der Waals surface area contributed by atoms with Crippen LogP contribution in [0.25, 0.3) is 106 Å². The van der Waals surface area contributed by atoms with E-state index in [2.05, 4.69) is 95.6 Å². The molecule has 11 rings (SSSR count). The maximum Gasteiger partial charge on any atom is 0.164 e. The van der Waals surface area contributed by atoms with Crippen LogP contribution in [0, 0.1) is 0 Å². The number of benzene rings is 7. The van der Waals surface area contributed by atoms with Crippen molar-refractivity contribution in [1.82, 2.24) is 19.5 Å². The molecule has 0 fully saturated rings. The highest BCUT2D eigenvalue weighted by Crippen LogP contribution is 2.38. The van der Waals surface area contributed by atoms with Crippen molar-refractivity contribution >= 4 is 65.7 Å². The van der Waals surface area contributed by atoms with Crippen LogP contribution in [0.3, 0.4) is 0 Å². The van der Waals surface area contributed by atoms with Gasteiger partial charge in [0.2, 0.25) is 0 Å². The average Bonchev–Trinajstić information content (AvgIpc) is 3.87. The third-order valence-corrected chi connectivity index (χ3v) is 9.86. The Bertz CT molecular complexity index is 3100. The van der Waals surface area contributed by atoms with Crippen LogP contribution < -0.4 is 0 Å². The van der Waals surface area contributed by atoms with Crippen molar-refractivity contribution in [2.45, 2.75) is 0 Å². The molecule has 11 aromatic rings. The first-order chi connectivity index (χ1) is 25.3. The van der Waals surface area contributed by atoms with Crippen molar-refractivity contribution in [3.8, 4) is 39.9 Å². The molecule has 0 bridgehead atoms. The number of fused-ring (bicyclic) bond motifs is 9. The summed E-state index contributed by atoms with van der Waals surface area (Å²) in [4.78, 5) is 15.1. The van der Waals surface area contributed by atoms with E-state index in [0.29, 0.717) is 17.5 Å². The molecule has 0 atom stereocenters. The first-order valence-corrected chi connectivity index (χ1v) is 16.9. The van der Waals surface area contributed by atoms with Crippen molar-refractivity contribution in [2.75, 3.05) is 0 Å². The van der Waals surface area contributed by atoms with Gasteiger partial charge in [-0.2, -0.15) is 0 Å². The zero-order chi connectivity index (χ0) is 33.5. The Morgan fingerprint density at radius 2 is 0.961 bits per heavy atom. The monoisotopic (exact) mass is 654 g/mol. The fourth-order valence-electron chi connectivity index (χ4n) is 7.55. The molecule has 238 valence electrons. The van der Waals surface area contributed by atoms with Crippen molar-refractivity contribution in [2.24, 2.45) is 0 Å². The third kappa shape index (κ3) is 4.26. The minimum atomic E-state index is 0.567. The van der Waals surface area contributed by atoms with Gasteiger partial charge in [-0.15, -0.1) is 0 Å². The first-order valence-electron chi connectivity index (χ1n) is 16.9. The average molecular weight is 655 g/mol. The van der Waals surface area contributed by atoms with Crippen LogP contribution in [-0.4, -0.2) is 19.5 Å².